The van der Waals surface area contributed by atoms with Crippen LogP contribution in [0.1, 0.15) is 19.4 Å². The lowest BCUT2D eigenvalue weighted by molar-refractivity contribution is -0.138. The molecule has 0 spiro atoms. The Kier molecular flexibility index (Phi) is 6.38. The van der Waals surface area contributed by atoms with Gasteiger partial charge < -0.3 is 15.5 Å². The number of benzene rings is 1. The van der Waals surface area contributed by atoms with Crippen LogP contribution in [0.15, 0.2) is 18.2 Å². The van der Waals surface area contributed by atoms with Crippen LogP contribution in [0.2, 0.25) is 5.02 Å². The first-order valence-corrected chi connectivity index (χ1v) is 7.53. The molecule has 122 valence electrons. The van der Waals surface area contributed by atoms with Gasteiger partial charge in [-0.15, -0.1) is 0 Å². The molecule has 0 unspecified atom stereocenters. The number of likely N-dealkylation sites (N-methyl/N-ethyl adjacent to an activating group) is 1. The van der Waals surface area contributed by atoms with Crippen molar-refractivity contribution in [2.75, 3.05) is 32.5 Å². The van der Waals surface area contributed by atoms with Crippen molar-refractivity contribution in [1.29, 1.82) is 0 Å². The largest absolute Gasteiger partial charge is 0.354 e. The van der Waals surface area contributed by atoms with Crippen molar-refractivity contribution >= 4 is 29.1 Å². The second-order valence-electron chi connectivity index (χ2n) is 6.10. The van der Waals surface area contributed by atoms with E-state index in [1.54, 1.807) is 26.0 Å². The second kappa shape index (κ2) is 7.61. The van der Waals surface area contributed by atoms with E-state index < -0.39 is 5.41 Å². The topological polar surface area (TPSA) is 61.4 Å². The number of aryl methyl sites for hydroxylation is 1. The average molecular weight is 326 g/mol. The molecular formula is C16H24ClN3O2. The Labute approximate surface area is 137 Å². The third kappa shape index (κ3) is 5.00. The molecule has 5 nitrogen and oxygen atoms in total. The SMILES string of the molecule is Cc1ccc(Cl)cc1NC(=O)C(C)(C)C(=O)NCCN(C)C. The van der Waals surface area contributed by atoms with Crippen molar-refractivity contribution in [2.45, 2.75) is 20.8 Å². The van der Waals surface area contributed by atoms with E-state index in [0.717, 1.165) is 12.1 Å². The Morgan fingerprint density at radius 3 is 2.45 bits per heavy atom. The maximum atomic E-state index is 12.4. The van der Waals surface area contributed by atoms with Gasteiger partial charge in [0.2, 0.25) is 11.8 Å². The Morgan fingerprint density at radius 2 is 1.86 bits per heavy atom. The van der Waals surface area contributed by atoms with Crippen LogP contribution >= 0.6 is 11.6 Å². The van der Waals surface area contributed by atoms with E-state index in [1.165, 1.54) is 0 Å². The number of hydrogen-bond donors (Lipinski definition) is 2. The van der Waals surface area contributed by atoms with Crippen LogP contribution in [0.25, 0.3) is 0 Å². The summed E-state index contributed by atoms with van der Waals surface area (Å²) in [6, 6.07) is 5.25. The summed E-state index contributed by atoms with van der Waals surface area (Å²) < 4.78 is 0. The molecule has 1 aromatic carbocycles. The van der Waals surface area contributed by atoms with Crippen LogP contribution in [0.4, 0.5) is 5.69 Å². The number of halogens is 1. The number of carbonyl (C=O) groups excluding carboxylic acids is 2. The number of nitrogens with zero attached hydrogens (tertiary/aromatic N) is 1. The van der Waals surface area contributed by atoms with Crippen LogP contribution < -0.4 is 10.6 Å². The maximum Gasteiger partial charge on any atom is 0.239 e. The van der Waals surface area contributed by atoms with Crippen molar-refractivity contribution in [3.8, 4) is 0 Å². The highest BCUT2D eigenvalue weighted by atomic mass is 35.5. The first kappa shape index (κ1) is 18.5. The van der Waals surface area contributed by atoms with Gasteiger partial charge in [-0.25, -0.2) is 0 Å². The summed E-state index contributed by atoms with van der Waals surface area (Å²) in [5.41, 5.74) is 0.342. The fraction of sp³-hybridized carbons (Fsp3) is 0.500. The highest BCUT2D eigenvalue weighted by Gasteiger charge is 2.36. The van der Waals surface area contributed by atoms with E-state index in [-0.39, 0.29) is 11.8 Å². The lowest BCUT2D eigenvalue weighted by Gasteiger charge is -2.23. The molecule has 2 N–H and O–H groups in total. The zero-order chi connectivity index (χ0) is 16.9. The molecule has 0 saturated carbocycles. The Hall–Kier alpha value is -1.59. The van der Waals surface area contributed by atoms with Crippen LogP contribution in [-0.4, -0.2) is 43.9 Å². The summed E-state index contributed by atoms with van der Waals surface area (Å²) in [6.45, 7) is 6.30. The normalized spacial score (nSPS) is 11.4. The average Bonchev–Trinajstić information content (AvgIpc) is 2.42. The van der Waals surface area contributed by atoms with Gasteiger partial charge in [0.1, 0.15) is 5.41 Å². The smallest absolute Gasteiger partial charge is 0.239 e. The monoisotopic (exact) mass is 325 g/mol. The predicted octanol–water partition coefficient (Wildman–Crippen LogP) is 2.29. The molecule has 1 aromatic rings. The van der Waals surface area contributed by atoms with Gasteiger partial charge in [-0.05, 0) is 52.6 Å². The number of amides is 2. The fourth-order valence-electron chi connectivity index (χ4n) is 1.72. The molecule has 2 amide bonds. The molecular weight excluding hydrogens is 302 g/mol. The molecule has 0 heterocycles. The van der Waals surface area contributed by atoms with Gasteiger partial charge in [0.15, 0.2) is 0 Å². The second-order valence-corrected chi connectivity index (χ2v) is 6.53. The van der Waals surface area contributed by atoms with E-state index in [1.807, 2.05) is 32.0 Å². The van der Waals surface area contributed by atoms with Gasteiger partial charge in [-0.1, -0.05) is 17.7 Å². The quantitative estimate of drug-likeness (QED) is 0.789. The minimum Gasteiger partial charge on any atom is -0.354 e. The first-order valence-electron chi connectivity index (χ1n) is 7.15. The van der Waals surface area contributed by atoms with E-state index in [4.69, 9.17) is 11.6 Å². The highest BCUT2D eigenvalue weighted by Crippen LogP contribution is 2.24. The van der Waals surface area contributed by atoms with E-state index >= 15 is 0 Å². The highest BCUT2D eigenvalue weighted by molar-refractivity contribution is 6.31. The third-order valence-corrected chi connectivity index (χ3v) is 3.66. The van der Waals surface area contributed by atoms with Crippen LogP contribution in [-0.2, 0) is 9.59 Å². The molecule has 0 bridgehead atoms. The zero-order valence-corrected chi connectivity index (χ0v) is 14.5. The summed E-state index contributed by atoms with van der Waals surface area (Å²) in [6.07, 6.45) is 0. The van der Waals surface area contributed by atoms with Gasteiger partial charge >= 0.3 is 0 Å². The zero-order valence-electron chi connectivity index (χ0n) is 13.8. The van der Waals surface area contributed by atoms with Crippen LogP contribution in [0.5, 0.6) is 0 Å². The van der Waals surface area contributed by atoms with Crippen molar-refractivity contribution in [3.05, 3.63) is 28.8 Å². The number of anilines is 1. The maximum absolute atomic E-state index is 12.4. The molecule has 0 aliphatic carbocycles. The van der Waals surface area contributed by atoms with Crippen molar-refractivity contribution < 1.29 is 9.59 Å². The lowest BCUT2D eigenvalue weighted by atomic mass is 9.90. The van der Waals surface area contributed by atoms with Crippen molar-refractivity contribution in [2.24, 2.45) is 5.41 Å². The van der Waals surface area contributed by atoms with Gasteiger partial charge in [-0.3, -0.25) is 9.59 Å². The molecule has 0 aromatic heterocycles. The minimum atomic E-state index is -1.17. The van der Waals surface area contributed by atoms with E-state index in [2.05, 4.69) is 10.6 Å². The summed E-state index contributed by atoms with van der Waals surface area (Å²) >= 11 is 5.94. The fourth-order valence-corrected chi connectivity index (χ4v) is 1.90. The first-order chi connectivity index (χ1) is 10.1. The molecule has 0 radical (unpaired) electrons. The third-order valence-electron chi connectivity index (χ3n) is 3.43. The molecule has 6 heteroatoms. The molecule has 22 heavy (non-hydrogen) atoms. The van der Waals surface area contributed by atoms with Crippen molar-refractivity contribution in [1.82, 2.24) is 10.2 Å². The molecule has 0 fully saturated rings. The molecule has 0 saturated heterocycles. The van der Waals surface area contributed by atoms with E-state index in [0.29, 0.717) is 17.3 Å². The van der Waals surface area contributed by atoms with Gasteiger partial charge in [0, 0.05) is 23.8 Å². The number of hydrogen-bond acceptors (Lipinski definition) is 3. The van der Waals surface area contributed by atoms with Crippen molar-refractivity contribution in [3.63, 3.8) is 0 Å². The van der Waals surface area contributed by atoms with Crippen LogP contribution in [0.3, 0.4) is 0 Å². The Morgan fingerprint density at radius 1 is 1.23 bits per heavy atom. The Bertz CT molecular complexity index is 556. The standard InChI is InChI=1S/C16H24ClN3O2/c1-11-6-7-12(17)10-13(11)19-15(22)16(2,3)14(21)18-8-9-20(4)5/h6-7,10H,8-9H2,1-5H3,(H,18,21)(H,19,22). The van der Waals surface area contributed by atoms with Gasteiger partial charge in [0.05, 0.1) is 0 Å². The predicted molar refractivity (Wildman–Crippen MR) is 90.2 cm³/mol. The molecule has 1 rings (SSSR count). The summed E-state index contributed by atoms with van der Waals surface area (Å²) in [4.78, 5) is 26.6. The van der Waals surface area contributed by atoms with Gasteiger partial charge in [-0.2, -0.15) is 0 Å². The number of nitrogens with one attached hydrogen (secondary N) is 2. The van der Waals surface area contributed by atoms with Gasteiger partial charge in [0.25, 0.3) is 0 Å². The number of rotatable bonds is 6. The molecule has 0 aliphatic heterocycles. The lowest BCUT2D eigenvalue weighted by Crippen LogP contribution is -2.46. The summed E-state index contributed by atoms with van der Waals surface area (Å²) in [5.74, 6) is -0.660. The minimum absolute atomic E-state index is 0.300. The summed E-state index contributed by atoms with van der Waals surface area (Å²) in [5, 5.41) is 6.09. The van der Waals surface area contributed by atoms with Crippen LogP contribution in [0, 0.1) is 12.3 Å². The molecule has 0 aliphatic rings. The summed E-state index contributed by atoms with van der Waals surface area (Å²) in [7, 11) is 3.85. The van der Waals surface area contributed by atoms with E-state index in [9.17, 15) is 9.59 Å². The number of carbonyl (C=O) groups is 2. The molecule has 0 atom stereocenters. The Balaban J connectivity index is 2.73.